The Kier molecular flexibility index (Phi) is 3.75. The SMILES string of the molecule is CCN1CCN(c2cc(C(F)(F)F)ccn2)CC1. The average molecular weight is 259 g/mol. The predicted octanol–water partition coefficient (Wildman–Crippen LogP) is 2.24. The Balaban J connectivity index is 2.10. The second-order valence-corrected chi connectivity index (χ2v) is 4.32. The molecular formula is C12H16F3N3. The number of likely N-dealkylation sites (N-methyl/N-ethyl adjacent to an activating group) is 1. The smallest absolute Gasteiger partial charge is 0.354 e. The fourth-order valence-corrected chi connectivity index (χ4v) is 2.06. The van der Waals surface area contributed by atoms with Crippen molar-refractivity contribution in [3.8, 4) is 0 Å². The highest BCUT2D eigenvalue weighted by atomic mass is 19.4. The number of hydrogen-bond donors (Lipinski definition) is 0. The lowest BCUT2D eigenvalue weighted by Gasteiger charge is -2.34. The van der Waals surface area contributed by atoms with Gasteiger partial charge in [-0.2, -0.15) is 13.2 Å². The summed E-state index contributed by atoms with van der Waals surface area (Å²) in [7, 11) is 0. The highest BCUT2D eigenvalue weighted by molar-refractivity contribution is 5.42. The summed E-state index contributed by atoms with van der Waals surface area (Å²) in [6, 6.07) is 2.13. The van der Waals surface area contributed by atoms with Gasteiger partial charge in [-0.25, -0.2) is 4.98 Å². The zero-order valence-corrected chi connectivity index (χ0v) is 10.2. The van der Waals surface area contributed by atoms with Crippen LogP contribution >= 0.6 is 0 Å². The average Bonchev–Trinajstić information content (AvgIpc) is 2.38. The summed E-state index contributed by atoms with van der Waals surface area (Å²) in [4.78, 5) is 8.21. The van der Waals surface area contributed by atoms with Gasteiger partial charge in [0.15, 0.2) is 0 Å². The zero-order valence-electron chi connectivity index (χ0n) is 10.2. The maximum atomic E-state index is 12.6. The first-order chi connectivity index (χ1) is 8.50. The molecule has 18 heavy (non-hydrogen) atoms. The topological polar surface area (TPSA) is 19.4 Å². The van der Waals surface area contributed by atoms with E-state index in [2.05, 4.69) is 16.8 Å². The summed E-state index contributed by atoms with van der Waals surface area (Å²) >= 11 is 0. The first-order valence-corrected chi connectivity index (χ1v) is 6.01. The molecule has 100 valence electrons. The minimum absolute atomic E-state index is 0.417. The van der Waals surface area contributed by atoms with Crippen LogP contribution in [0, 0.1) is 0 Å². The maximum absolute atomic E-state index is 12.6. The van der Waals surface area contributed by atoms with Crippen LogP contribution in [0.4, 0.5) is 19.0 Å². The summed E-state index contributed by atoms with van der Waals surface area (Å²) in [5, 5.41) is 0. The van der Waals surface area contributed by atoms with Crippen molar-refractivity contribution in [1.29, 1.82) is 0 Å². The van der Waals surface area contributed by atoms with Crippen molar-refractivity contribution < 1.29 is 13.2 Å². The fourth-order valence-electron chi connectivity index (χ4n) is 2.06. The van der Waals surface area contributed by atoms with Crippen molar-refractivity contribution in [2.24, 2.45) is 0 Å². The number of halogens is 3. The molecular weight excluding hydrogens is 243 g/mol. The third-order valence-corrected chi connectivity index (χ3v) is 3.22. The van der Waals surface area contributed by atoms with Gasteiger partial charge in [0.1, 0.15) is 5.82 Å². The number of hydrogen-bond acceptors (Lipinski definition) is 3. The second kappa shape index (κ2) is 5.14. The molecule has 1 fully saturated rings. The molecule has 0 spiro atoms. The van der Waals surface area contributed by atoms with E-state index in [1.54, 1.807) is 0 Å². The van der Waals surface area contributed by atoms with Gasteiger partial charge in [0, 0.05) is 32.4 Å². The molecule has 0 unspecified atom stereocenters. The summed E-state index contributed by atoms with van der Waals surface area (Å²) in [6.07, 6.45) is -3.08. The lowest BCUT2D eigenvalue weighted by atomic mass is 10.2. The van der Waals surface area contributed by atoms with Crippen LogP contribution in [0.2, 0.25) is 0 Å². The Labute approximate surface area is 104 Å². The van der Waals surface area contributed by atoms with Gasteiger partial charge in [0.05, 0.1) is 5.56 Å². The lowest BCUT2D eigenvalue weighted by Crippen LogP contribution is -2.46. The van der Waals surface area contributed by atoms with E-state index in [0.717, 1.165) is 44.9 Å². The summed E-state index contributed by atoms with van der Waals surface area (Å²) in [5.41, 5.74) is -0.634. The Morgan fingerprint density at radius 2 is 1.89 bits per heavy atom. The molecule has 1 aromatic rings. The molecule has 3 nitrogen and oxygen atoms in total. The number of alkyl halides is 3. The molecule has 0 bridgehead atoms. The molecule has 0 aromatic carbocycles. The van der Waals surface area contributed by atoms with Crippen molar-refractivity contribution >= 4 is 5.82 Å². The van der Waals surface area contributed by atoms with E-state index < -0.39 is 11.7 Å². The molecule has 0 amide bonds. The van der Waals surface area contributed by atoms with Crippen molar-refractivity contribution in [3.05, 3.63) is 23.9 Å². The Morgan fingerprint density at radius 3 is 2.44 bits per heavy atom. The van der Waals surface area contributed by atoms with E-state index in [4.69, 9.17) is 0 Å². The fraction of sp³-hybridized carbons (Fsp3) is 0.583. The lowest BCUT2D eigenvalue weighted by molar-refractivity contribution is -0.137. The molecule has 0 atom stereocenters. The van der Waals surface area contributed by atoms with Gasteiger partial charge in [-0.1, -0.05) is 6.92 Å². The van der Waals surface area contributed by atoms with Crippen LogP contribution in [0.1, 0.15) is 12.5 Å². The van der Waals surface area contributed by atoms with Crippen LogP contribution in [0.25, 0.3) is 0 Å². The molecule has 1 aliphatic rings. The van der Waals surface area contributed by atoms with Gasteiger partial charge in [-0.05, 0) is 18.7 Å². The normalized spacial score (nSPS) is 18.1. The largest absolute Gasteiger partial charge is 0.416 e. The highest BCUT2D eigenvalue weighted by Crippen LogP contribution is 2.30. The van der Waals surface area contributed by atoms with Gasteiger partial charge in [-0.3, -0.25) is 0 Å². The standard InChI is InChI=1S/C12H16F3N3/c1-2-17-5-7-18(8-6-17)11-9-10(3-4-16-11)12(13,14)15/h3-4,9H,2,5-8H2,1H3. The molecule has 6 heteroatoms. The number of pyridine rings is 1. The second-order valence-electron chi connectivity index (χ2n) is 4.32. The van der Waals surface area contributed by atoms with E-state index in [0.29, 0.717) is 5.82 Å². The van der Waals surface area contributed by atoms with Gasteiger partial charge in [0.25, 0.3) is 0 Å². The number of piperazine rings is 1. The van der Waals surface area contributed by atoms with E-state index >= 15 is 0 Å². The third-order valence-electron chi connectivity index (χ3n) is 3.22. The monoisotopic (exact) mass is 259 g/mol. The Morgan fingerprint density at radius 1 is 1.22 bits per heavy atom. The maximum Gasteiger partial charge on any atom is 0.416 e. The molecule has 1 aliphatic heterocycles. The van der Waals surface area contributed by atoms with Crippen LogP contribution < -0.4 is 4.90 Å². The van der Waals surface area contributed by atoms with E-state index in [1.165, 1.54) is 6.20 Å². The summed E-state index contributed by atoms with van der Waals surface area (Å²) < 4.78 is 37.8. The quantitative estimate of drug-likeness (QED) is 0.812. The predicted molar refractivity (Wildman–Crippen MR) is 63.6 cm³/mol. The molecule has 1 aromatic heterocycles. The summed E-state index contributed by atoms with van der Waals surface area (Å²) in [5.74, 6) is 0.417. The molecule has 2 rings (SSSR count). The zero-order chi connectivity index (χ0) is 13.2. The van der Waals surface area contributed by atoms with Crippen LogP contribution in [0.15, 0.2) is 18.3 Å². The minimum atomic E-state index is -4.30. The van der Waals surface area contributed by atoms with Gasteiger partial charge < -0.3 is 9.80 Å². The van der Waals surface area contributed by atoms with Crippen LogP contribution in [0.5, 0.6) is 0 Å². The molecule has 0 N–H and O–H groups in total. The first-order valence-electron chi connectivity index (χ1n) is 6.01. The molecule has 1 saturated heterocycles. The Bertz CT molecular complexity index is 398. The molecule has 0 saturated carbocycles. The van der Waals surface area contributed by atoms with Gasteiger partial charge in [0.2, 0.25) is 0 Å². The van der Waals surface area contributed by atoms with Crippen LogP contribution in [0.3, 0.4) is 0 Å². The van der Waals surface area contributed by atoms with E-state index in [1.807, 2.05) is 4.90 Å². The minimum Gasteiger partial charge on any atom is -0.354 e. The van der Waals surface area contributed by atoms with Crippen LogP contribution in [-0.4, -0.2) is 42.6 Å². The first kappa shape index (κ1) is 13.1. The van der Waals surface area contributed by atoms with Crippen LogP contribution in [-0.2, 0) is 6.18 Å². The third kappa shape index (κ3) is 2.93. The van der Waals surface area contributed by atoms with E-state index in [9.17, 15) is 13.2 Å². The Hall–Kier alpha value is -1.30. The number of nitrogens with zero attached hydrogens (tertiary/aromatic N) is 3. The van der Waals surface area contributed by atoms with Crippen molar-refractivity contribution in [3.63, 3.8) is 0 Å². The summed E-state index contributed by atoms with van der Waals surface area (Å²) in [6.45, 7) is 6.25. The van der Waals surface area contributed by atoms with E-state index in [-0.39, 0.29) is 0 Å². The highest BCUT2D eigenvalue weighted by Gasteiger charge is 2.31. The molecule has 0 aliphatic carbocycles. The number of anilines is 1. The van der Waals surface area contributed by atoms with Crippen molar-refractivity contribution in [2.75, 3.05) is 37.6 Å². The van der Waals surface area contributed by atoms with Crippen molar-refractivity contribution in [1.82, 2.24) is 9.88 Å². The van der Waals surface area contributed by atoms with Gasteiger partial charge >= 0.3 is 6.18 Å². The molecule has 0 radical (unpaired) electrons. The van der Waals surface area contributed by atoms with Gasteiger partial charge in [-0.15, -0.1) is 0 Å². The number of aromatic nitrogens is 1. The molecule has 2 heterocycles. The van der Waals surface area contributed by atoms with Crippen molar-refractivity contribution in [2.45, 2.75) is 13.1 Å². The number of rotatable bonds is 2.